The van der Waals surface area contributed by atoms with Gasteiger partial charge in [-0.15, -0.1) is 0 Å². The van der Waals surface area contributed by atoms with Gasteiger partial charge in [-0.1, -0.05) is 19.9 Å². The molecule has 19 N–H and O–H groups in total. The molecular formula is C56H90O32. The van der Waals surface area contributed by atoms with E-state index in [1.807, 2.05) is 0 Å². The lowest BCUT2D eigenvalue weighted by Crippen LogP contribution is -2.68. The van der Waals surface area contributed by atoms with E-state index in [0.717, 1.165) is 0 Å². The Morgan fingerprint density at radius 3 is 1.31 bits per heavy atom. The second-order valence-electron chi connectivity index (χ2n) is 26.4. The molecule has 32 nitrogen and oxygen atoms in total. The maximum Gasteiger partial charge on any atom is 0.314 e. The van der Waals surface area contributed by atoms with Crippen LogP contribution in [0.4, 0.5) is 0 Å². The largest absolute Gasteiger partial charge is 0.432 e. The molecule has 0 aromatic rings. The Labute approximate surface area is 505 Å². The molecule has 0 aromatic heterocycles. The summed E-state index contributed by atoms with van der Waals surface area (Å²) in [6.07, 6.45) is -50.1. The predicted octanol–water partition coefficient (Wildman–Crippen LogP) is -8.44. The zero-order valence-corrected chi connectivity index (χ0v) is 48.9. The summed E-state index contributed by atoms with van der Waals surface area (Å²) in [5, 5.41) is 205. The van der Waals surface area contributed by atoms with Gasteiger partial charge in [0, 0.05) is 0 Å². The minimum atomic E-state index is -2.03. The Morgan fingerprint density at radius 2 is 0.841 bits per heavy atom. The quantitative estimate of drug-likeness (QED) is 0.0365. The average Bonchev–Trinajstić information content (AvgIpc) is 1.53. The van der Waals surface area contributed by atoms with E-state index in [0.29, 0.717) is 56.9 Å². The van der Waals surface area contributed by atoms with E-state index in [1.54, 1.807) is 6.92 Å². The van der Waals surface area contributed by atoms with Crippen LogP contribution in [-0.2, 0) is 61.6 Å². The van der Waals surface area contributed by atoms with Gasteiger partial charge >= 0.3 is 5.97 Å². The summed E-state index contributed by atoms with van der Waals surface area (Å²) in [5.74, 6) is -1.35. The van der Waals surface area contributed by atoms with E-state index < -0.39 is 251 Å². The average molecular weight is 1280 g/mol. The van der Waals surface area contributed by atoms with E-state index in [2.05, 4.69) is 13.5 Å². The van der Waals surface area contributed by atoms with Gasteiger partial charge in [0.25, 0.3) is 0 Å². The van der Waals surface area contributed by atoms with Gasteiger partial charge in [0.1, 0.15) is 134 Å². The van der Waals surface area contributed by atoms with Gasteiger partial charge in [0.2, 0.25) is 6.29 Å². The number of carbonyl (C=O) groups is 1. The van der Waals surface area contributed by atoms with Crippen LogP contribution in [0.25, 0.3) is 0 Å². The lowest BCUT2D eigenvalue weighted by atomic mass is 9.41. The van der Waals surface area contributed by atoms with Crippen molar-refractivity contribution in [2.75, 3.05) is 33.0 Å². The maximum atomic E-state index is 15.4. The molecule has 88 heavy (non-hydrogen) atoms. The van der Waals surface area contributed by atoms with Gasteiger partial charge in [-0.25, -0.2) is 0 Å². The molecule has 506 valence electrons. The third-order valence-corrected chi connectivity index (χ3v) is 21.3. The van der Waals surface area contributed by atoms with Crippen molar-refractivity contribution in [1.82, 2.24) is 0 Å². The van der Waals surface area contributed by atoms with Crippen molar-refractivity contribution < 1.29 is 159 Å². The molecule has 0 aromatic carbocycles. The van der Waals surface area contributed by atoms with Gasteiger partial charge in [-0.05, 0) is 93.5 Å². The summed E-state index contributed by atoms with van der Waals surface area (Å²) < 4.78 is 73.2. The van der Waals surface area contributed by atoms with Crippen LogP contribution in [0.5, 0.6) is 0 Å². The van der Waals surface area contributed by atoms with Gasteiger partial charge < -0.3 is 154 Å². The van der Waals surface area contributed by atoms with Gasteiger partial charge in [-0.3, -0.25) is 4.79 Å². The Bertz CT molecular complexity index is 2380. The molecular weight excluding hydrogens is 1180 g/mol. The third-order valence-electron chi connectivity index (χ3n) is 21.3. The third kappa shape index (κ3) is 12.0. The van der Waals surface area contributed by atoms with E-state index in [4.69, 9.17) is 56.8 Å². The molecule has 6 heterocycles. The number of hydrogen-bond donors (Lipinski definition) is 19. The summed E-state index contributed by atoms with van der Waals surface area (Å²) in [5.41, 5.74) is -3.13. The van der Waals surface area contributed by atoms with E-state index in [1.165, 1.54) is 6.92 Å². The summed E-state index contributed by atoms with van der Waals surface area (Å²) in [7, 11) is 0. The fraction of sp³-hybridized carbons (Fsp3) is 0.946. The molecule has 4 saturated carbocycles. The molecule has 2 bridgehead atoms. The van der Waals surface area contributed by atoms with Crippen molar-refractivity contribution in [2.24, 2.45) is 28.1 Å². The first-order chi connectivity index (χ1) is 41.6. The van der Waals surface area contributed by atoms with E-state index in [9.17, 15) is 97.0 Å². The molecule has 10 rings (SSSR count). The summed E-state index contributed by atoms with van der Waals surface area (Å²) in [4.78, 5) is 15.4. The number of aliphatic hydroxyl groups is 19. The summed E-state index contributed by atoms with van der Waals surface area (Å²) >= 11 is 0. The first-order valence-electron chi connectivity index (χ1n) is 30.3. The number of fused-ring (bicyclic) bond motifs is 3. The maximum absolute atomic E-state index is 15.4. The molecule has 1 spiro atoms. The highest BCUT2D eigenvalue weighted by molar-refractivity contribution is 5.77. The fourth-order valence-electron chi connectivity index (χ4n) is 16.4. The normalized spacial score (nSPS) is 55.0. The molecule has 4 aliphatic carbocycles. The molecule has 0 amide bonds. The molecule has 10 fully saturated rings. The SMILES string of the molecule is C=C1C[C@@]23CC[C@@H]4[C@@](C)(CCC[C@@]4(C)C(=O)OC4OC(CO)C(O)C(O[C@@H]5OC(CO)C(O)C(O)C5O)C4O[C@@H]4OC(C)C(O)C(O)C4O)[C@@H]2CC[C@]1(O[C@@H]1OC(CO)C(O)C(O[C@@H]2OC(CO)C(O)C(O)C2O)C1O[C@@H]1OC(CO)C(O)C(O)C1O)C3. The van der Waals surface area contributed by atoms with E-state index in [-0.39, 0.29) is 12.3 Å². The Kier molecular flexibility index (Phi) is 20.9. The van der Waals surface area contributed by atoms with Crippen molar-refractivity contribution in [1.29, 1.82) is 0 Å². The minimum Gasteiger partial charge on any atom is -0.432 e. The summed E-state index contributed by atoms with van der Waals surface area (Å²) in [6, 6.07) is 0. The van der Waals surface area contributed by atoms with Crippen LogP contribution in [0.2, 0.25) is 0 Å². The number of carbonyl (C=O) groups excluding carboxylic acids is 1. The molecule has 6 saturated heterocycles. The fourth-order valence-corrected chi connectivity index (χ4v) is 16.4. The molecule has 25 unspecified atom stereocenters. The zero-order valence-electron chi connectivity index (χ0n) is 48.9. The van der Waals surface area contributed by atoms with Crippen molar-refractivity contribution in [3.63, 3.8) is 0 Å². The highest BCUT2D eigenvalue weighted by atomic mass is 16.8. The second kappa shape index (κ2) is 26.7. The predicted molar refractivity (Wildman–Crippen MR) is 283 cm³/mol. The number of rotatable bonds is 17. The second-order valence-corrected chi connectivity index (χ2v) is 26.4. The summed E-state index contributed by atoms with van der Waals surface area (Å²) in [6.45, 7) is 5.42. The molecule has 36 atom stereocenters. The van der Waals surface area contributed by atoms with Crippen molar-refractivity contribution in [3.05, 3.63) is 12.2 Å². The standard InChI is InChI=1S/C56H90O32/c1-19-12-55-10-6-26-53(3,8-5-9-54(26,4)52(76)87-50-44(85-46-38(72)34(68)28(62)20(2)77-46)42(32(66)24(16-60)81-50)83-47-39(73)35(69)29(63)21(13-57)78-47)27(55)7-11-56(19,18-55)88-51-45(86-49-41(75)37(71)31(65)23(15-59)80-49)43(33(67)25(17-61)82-51)84-48-40(74)36(70)30(64)22(14-58)79-48/h20-51,57-75H,1,5-18H2,2-4H3/t20?,21?,22?,23?,24?,25?,26-,27+,28?,29?,30?,31?,32?,33?,34?,35?,36?,37?,38?,39?,40?,41?,42?,43?,44?,45?,46+,47+,48+,49+,50?,51+,53-,54-,55-,56+/m1/s1. The van der Waals surface area contributed by atoms with E-state index >= 15 is 4.79 Å². The van der Waals surface area contributed by atoms with Crippen LogP contribution in [-0.4, -0.2) is 326 Å². The molecule has 6 aliphatic heterocycles. The van der Waals surface area contributed by atoms with Crippen LogP contribution in [0.3, 0.4) is 0 Å². The highest BCUT2D eigenvalue weighted by Crippen LogP contribution is 2.74. The number of aliphatic hydroxyl groups excluding tert-OH is 19. The number of esters is 1. The number of ether oxygens (including phenoxy) is 12. The van der Waals surface area contributed by atoms with Crippen LogP contribution < -0.4 is 0 Å². The minimum absolute atomic E-state index is 0.133. The van der Waals surface area contributed by atoms with Crippen LogP contribution in [0.15, 0.2) is 12.2 Å². The molecule has 32 heteroatoms. The Hall–Kier alpha value is -1.99. The first-order valence-corrected chi connectivity index (χ1v) is 30.3. The number of hydrogen-bond acceptors (Lipinski definition) is 32. The van der Waals surface area contributed by atoms with Crippen molar-refractivity contribution in [2.45, 2.75) is 268 Å². The monoisotopic (exact) mass is 1270 g/mol. The Balaban J connectivity index is 0.919. The smallest absolute Gasteiger partial charge is 0.314 e. The Morgan fingerprint density at radius 1 is 0.455 bits per heavy atom. The van der Waals surface area contributed by atoms with Gasteiger partial charge in [-0.2, -0.15) is 0 Å². The lowest BCUT2D eigenvalue weighted by molar-refractivity contribution is -0.400. The van der Waals surface area contributed by atoms with Crippen molar-refractivity contribution in [3.8, 4) is 0 Å². The van der Waals surface area contributed by atoms with Gasteiger partial charge in [0.05, 0.1) is 50.2 Å². The van der Waals surface area contributed by atoms with Crippen LogP contribution in [0, 0.1) is 28.1 Å². The van der Waals surface area contributed by atoms with Crippen molar-refractivity contribution >= 4 is 5.97 Å². The highest BCUT2D eigenvalue weighted by Gasteiger charge is 2.70. The lowest BCUT2D eigenvalue weighted by Gasteiger charge is -2.64. The molecule has 10 aliphatic rings. The zero-order chi connectivity index (χ0) is 64.0. The topological polar surface area (TPSA) is 512 Å². The van der Waals surface area contributed by atoms with Crippen LogP contribution in [0.1, 0.15) is 78.6 Å². The van der Waals surface area contributed by atoms with Gasteiger partial charge in [0.15, 0.2) is 37.6 Å². The molecule has 0 radical (unpaired) electrons. The first kappa shape index (κ1) is 68.9. The van der Waals surface area contributed by atoms with Crippen LogP contribution >= 0.6 is 0 Å².